The topological polar surface area (TPSA) is 160 Å². The van der Waals surface area contributed by atoms with Gasteiger partial charge < -0.3 is 21.0 Å². The summed E-state index contributed by atoms with van der Waals surface area (Å²) in [4.78, 5) is 46.6. The first-order valence-corrected chi connectivity index (χ1v) is 10.4. The molecule has 14 heteroatoms. The van der Waals surface area contributed by atoms with Gasteiger partial charge in [-0.25, -0.2) is 4.79 Å². The minimum Gasteiger partial charge on any atom is -0.477 e. The molecule has 4 N–H and O–H groups in total. The van der Waals surface area contributed by atoms with Gasteiger partial charge in [-0.3, -0.25) is 14.5 Å². The van der Waals surface area contributed by atoms with Crippen LogP contribution in [-0.4, -0.2) is 73.0 Å². The van der Waals surface area contributed by atoms with E-state index in [-0.39, 0.29) is 28.2 Å². The number of oxime groups is 1. The van der Waals surface area contributed by atoms with Crippen LogP contribution < -0.4 is 11.1 Å². The molecule has 0 bridgehead atoms. The van der Waals surface area contributed by atoms with E-state index in [0.29, 0.717) is 11.3 Å². The molecule has 0 aromatic carbocycles. The molecule has 1 aromatic rings. The van der Waals surface area contributed by atoms with Gasteiger partial charge in [-0.15, -0.1) is 23.4 Å². The maximum Gasteiger partial charge on any atom is 0.352 e. The number of carbonyl (C=O) groups is 3. The number of amides is 2. The summed E-state index contributed by atoms with van der Waals surface area (Å²) in [7, 11) is 1.25. The highest BCUT2D eigenvalue weighted by atomic mass is 35.5. The summed E-state index contributed by atoms with van der Waals surface area (Å²) in [5, 5.41) is 15.3. The minimum absolute atomic E-state index is 0.0357. The molecule has 1 saturated heterocycles. The summed E-state index contributed by atoms with van der Waals surface area (Å²) in [6, 6.07) is -0.932. The van der Waals surface area contributed by atoms with Crippen LogP contribution in [0.2, 0.25) is 0 Å². The lowest BCUT2D eigenvalue weighted by molar-refractivity contribution is -0.150. The molecule has 3 heterocycles. The molecule has 0 saturated carbocycles. The van der Waals surface area contributed by atoms with Crippen LogP contribution in [0.5, 0.6) is 0 Å². The van der Waals surface area contributed by atoms with Gasteiger partial charge in [0.15, 0.2) is 5.13 Å². The number of fused-ring (bicyclic) bond motifs is 1. The average molecular weight is 459 g/mol. The number of halogens is 1. The van der Waals surface area contributed by atoms with E-state index in [2.05, 4.69) is 24.7 Å². The van der Waals surface area contributed by atoms with Crippen molar-refractivity contribution in [2.24, 2.45) is 5.16 Å². The van der Waals surface area contributed by atoms with Gasteiger partial charge in [0.25, 0.3) is 11.8 Å². The van der Waals surface area contributed by atoms with Gasteiger partial charge in [0.05, 0.1) is 0 Å². The smallest absolute Gasteiger partial charge is 0.352 e. The predicted molar refractivity (Wildman–Crippen MR) is 107 cm³/mol. The van der Waals surface area contributed by atoms with Crippen molar-refractivity contribution in [2.45, 2.75) is 11.4 Å². The number of anilines is 1. The van der Waals surface area contributed by atoms with Crippen LogP contribution in [0.25, 0.3) is 0 Å². The first-order chi connectivity index (χ1) is 13.9. The number of carboxylic acid groups (broad SMARTS) is 1. The lowest BCUT2D eigenvalue weighted by Gasteiger charge is -2.49. The molecule has 1 unspecified atom stereocenters. The van der Waals surface area contributed by atoms with E-state index in [4.69, 9.17) is 17.3 Å². The second-order valence-corrected chi connectivity index (χ2v) is 7.87. The number of nitrogen functional groups attached to an aromatic ring is 1. The summed E-state index contributed by atoms with van der Waals surface area (Å²) in [5.74, 6) is -1.99. The second-order valence-electron chi connectivity index (χ2n) is 5.68. The van der Waals surface area contributed by atoms with Crippen LogP contribution in [0.15, 0.2) is 28.6 Å². The van der Waals surface area contributed by atoms with E-state index in [9.17, 15) is 19.5 Å². The second kappa shape index (κ2) is 8.80. The summed E-state index contributed by atoms with van der Waals surface area (Å²) in [6.07, 6.45) is 3.19. The first-order valence-electron chi connectivity index (χ1n) is 8.04. The molecular weight excluding hydrogens is 444 g/mol. The number of nitrogens with two attached hydrogens (primary N) is 1. The number of alkyl halides is 1. The molecule has 1 fully saturated rings. The number of nitrogens with one attached hydrogen (secondary N) is 1. The lowest BCUT2D eigenvalue weighted by atomic mass is 10.0. The van der Waals surface area contributed by atoms with Crippen molar-refractivity contribution in [1.29, 1.82) is 0 Å². The number of thioether (sulfide) groups is 1. The highest BCUT2D eigenvalue weighted by Gasteiger charge is 2.54. The van der Waals surface area contributed by atoms with Gasteiger partial charge in [0.1, 0.15) is 24.2 Å². The Morgan fingerprint density at radius 1 is 1.55 bits per heavy atom. The maximum atomic E-state index is 12.6. The Kier molecular flexibility index (Phi) is 6.39. The first kappa shape index (κ1) is 21.1. The number of carboxylic acids is 1. The molecule has 0 spiro atoms. The van der Waals surface area contributed by atoms with Gasteiger partial charge >= 0.3 is 5.97 Å². The number of carbonyl (C=O) groups excluding carboxylic acids is 2. The third kappa shape index (κ3) is 4.06. The molecule has 2 amide bonds. The van der Waals surface area contributed by atoms with Crippen molar-refractivity contribution >= 4 is 63.5 Å². The number of allylic oxidation sites excluding steroid dienone is 2. The monoisotopic (exact) mass is 458 g/mol. The van der Waals surface area contributed by atoms with Gasteiger partial charge in [0, 0.05) is 23.2 Å². The number of β-lactam (4-membered cyclic amide) rings is 1. The summed E-state index contributed by atoms with van der Waals surface area (Å²) in [6.45, 7) is 0. The zero-order valence-corrected chi connectivity index (χ0v) is 17.3. The highest BCUT2D eigenvalue weighted by Crippen LogP contribution is 2.40. The van der Waals surface area contributed by atoms with Crippen LogP contribution in [0.1, 0.15) is 5.82 Å². The maximum absolute atomic E-state index is 12.6. The molecule has 3 rings (SSSR count). The van der Waals surface area contributed by atoms with Crippen molar-refractivity contribution in [3.8, 4) is 0 Å². The molecule has 0 aliphatic carbocycles. The predicted octanol–water partition coefficient (Wildman–Crippen LogP) is 0.00440. The van der Waals surface area contributed by atoms with Gasteiger partial charge in [-0.1, -0.05) is 17.3 Å². The fourth-order valence-electron chi connectivity index (χ4n) is 2.77. The number of hydrogen-bond acceptors (Lipinski definition) is 10. The fourth-order valence-corrected chi connectivity index (χ4v) is 4.62. The van der Waals surface area contributed by atoms with E-state index in [0.717, 1.165) is 16.4 Å². The normalized spacial score (nSPS) is 21.8. The van der Waals surface area contributed by atoms with Crippen LogP contribution in [0.4, 0.5) is 5.13 Å². The van der Waals surface area contributed by atoms with Crippen LogP contribution in [0.3, 0.4) is 0 Å². The van der Waals surface area contributed by atoms with Crippen molar-refractivity contribution in [3.63, 3.8) is 0 Å². The summed E-state index contributed by atoms with van der Waals surface area (Å²) < 4.78 is 3.91. The van der Waals surface area contributed by atoms with Crippen molar-refractivity contribution in [2.75, 3.05) is 24.5 Å². The van der Waals surface area contributed by atoms with E-state index >= 15 is 0 Å². The van der Waals surface area contributed by atoms with Gasteiger partial charge in [-0.05, 0) is 5.57 Å². The van der Waals surface area contributed by atoms with E-state index in [1.165, 1.54) is 18.9 Å². The highest BCUT2D eigenvalue weighted by molar-refractivity contribution is 8.00. The number of aromatic nitrogens is 2. The molecular formula is C15H15ClN6O5S2. The van der Waals surface area contributed by atoms with Crippen molar-refractivity contribution < 1.29 is 24.3 Å². The molecule has 154 valence electrons. The standard InChI is InChI=1S/C15H15ClN6O5S2/c1-27-20-7(10-19-15(17)29-21-10)11(23)18-8-12(24)22-9(14(25)26)6(3-2-4-16)5-28-13(8)22/h2-3,8,13H,4-5H2,1H3,(H,18,23)(H,25,26)(H2,17,19,21)/t8?,13-/m1/s1. The Morgan fingerprint density at radius 2 is 2.31 bits per heavy atom. The molecule has 29 heavy (non-hydrogen) atoms. The minimum atomic E-state index is -1.23. The number of aliphatic carboxylic acids is 1. The van der Waals surface area contributed by atoms with E-state index in [1.807, 2.05) is 0 Å². The molecule has 0 radical (unpaired) electrons. The third-order valence-electron chi connectivity index (χ3n) is 3.95. The van der Waals surface area contributed by atoms with E-state index < -0.39 is 29.2 Å². The summed E-state index contributed by atoms with van der Waals surface area (Å²) in [5.41, 5.74) is 5.64. The number of nitrogens with zero attached hydrogens (tertiary/aromatic N) is 4. The largest absolute Gasteiger partial charge is 0.477 e. The molecule has 2 aliphatic rings. The molecule has 2 atom stereocenters. The van der Waals surface area contributed by atoms with Crippen molar-refractivity contribution in [1.82, 2.24) is 19.6 Å². The Balaban J connectivity index is 1.80. The average Bonchev–Trinajstić information content (AvgIpc) is 3.13. The number of hydrogen-bond donors (Lipinski definition) is 3. The Morgan fingerprint density at radius 3 is 2.90 bits per heavy atom. The van der Waals surface area contributed by atoms with Crippen LogP contribution in [0, 0.1) is 0 Å². The van der Waals surface area contributed by atoms with Gasteiger partial charge in [0.2, 0.25) is 11.5 Å². The Bertz CT molecular complexity index is 945. The third-order valence-corrected chi connectivity index (χ3v) is 5.97. The van der Waals surface area contributed by atoms with Gasteiger partial charge in [-0.2, -0.15) is 9.36 Å². The zero-order chi connectivity index (χ0) is 21.1. The quantitative estimate of drug-likeness (QED) is 0.221. The lowest BCUT2D eigenvalue weighted by Crippen LogP contribution is -2.71. The van der Waals surface area contributed by atoms with Crippen LogP contribution in [-0.2, 0) is 19.2 Å². The van der Waals surface area contributed by atoms with Crippen molar-refractivity contribution in [3.05, 3.63) is 29.2 Å². The Hall–Kier alpha value is -2.64. The molecule has 11 nitrogen and oxygen atoms in total. The summed E-state index contributed by atoms with van der Waals surface area (Å²) >= 11 is 7.82. The molecule has 1 aromatic heterocycles. The van der Waals surface area contributed by atoms with Crippen LogP contribution >= 0.6 is 34.9 Å². The van der Waals surface area contributed by atoms with E-state index in [1.54, 1.807) is 12.2 Å². The molecule has 2 aliphatic heterocycles. The zero-order valence-electron chi connectivity index (χ0n) is 14.9. The Labute approximate surface area is 177 Å². The SMILES string of the molecule is CON=C(C(=O)NC1C(=O)N2C(C(=O)O)=C(C=CCCl)CS[C@H]12)c1nsc(N)n1. The fraction of sp³-hybridized carbons (Fsp3) is 0.333. The number of rotatable bonds is 7.